The molecule has 0 saturated carbocycles. The standard InChI is InChI=1S/C14H11ClN4O3S/c1-2-10-13(23-19-18-10)14(21)22-7-12(20)17-11-5-9(15)4-3-8(11)6-16/h3-5H,2,7H2,1H3,(H,17,20). The summed E-state index contributed by atoms with van der Waals surface area (Å²) in [5.74, 6) is -1.23. The second-order valence-electron chi connectivity index (χ2n) is 4.33. The van der Waals surface area contributed by atoms with Crippen LogP contribution in [0.2, 0.25) is 5.02 Å². The molecule has 0 aliphatic rings. The van der Waals surface area contributed by atoms with Gasteiger partial charge in [0.05, 0.1) is 16.9 Å². The van der Waals surface area contributed by atoms with Gasteiger partial charge >= 0.3 is 5.97 Å². The van der Waals surface area contributed by atoms with E-state index in [2.05, 4.69) is 14.9 Å². The molecule has 1 aromatic heterocycles. The van der Waals surface area contributed by atoms with Gasteiger partial charge in [0.2, 0.25) is 0 Å². The number of carbonyl (C=O) groups excluding carboxylic acids is 2. The Hall–Kier alpha value is -2.50. The quantitative estimate of drug-likeness (QED) is 0.830. The van der Waals surface area contributed by atoms with E-state index in [1.54, 1.807) is 6.07 Å². The van der Waals surface area contributed by atoms with Gasteiger partial charge < -0.3 is 10.1 Å². The van der Waals surface area contributed by atoms with Gasteiger partial charge in [-0.05, 0) is 36.2 Å². The Kier molecular flexibility index (Phi) is 5.62. The SMILES string of the molecule is CCc1nnsc1C(=O)OCC(=O)Nc1cc(Cl)ccc1C#N. The van der Waals surface area contributed by atoms with Gasteiger partial charge in [0.15, 0.2) is 11.5 Å². The summed E-state index contributed by atoms with van der Waals surface area (Å²) in [6.07, 6.45) is 0.543. The highest BCUT2D eigenvalue weighted by molar-refractivity contribution is 7.07. The molecule has 0 aliphatic heterocycles. The fraction of sp³-hybridized carbons (Fsp3) is 0.214. The lowest BCUT2D eigenvalue weighted by Crippen LogP contribution is -2.21. The second-order valence-corrected chi connectivity index (χ2v) is 5.52. The normalized spacial score (nSPS) is 9.96. The first-order valence-corrected chi connectivity index (χ1v) is 7.68. The molecule has 23 heavy (non-hydrogen) atoms. The minimum Gasteiger partial charge on any atom is -0.451 e. The number of benzene rings is 1. The average Bonchev–Trinajstić information content (AvgIpc) is 3.01. The minimum absolute atomic E-state index is 0.258. The molecule has 1 amide bonds. The van der Waals surface area contributed by atoms with Crippen molar-refractivity contribution in [3.05, 3.63) is 39.4 Å². The third kappa shape index (κ3) is 4.25. The van der Waals surface area contributed by atoms with Crippen molar-refractivity contribution in [3.63, 3.8) is 0 Å². The Bertz CT molecular complexity index is 785. The first-order valence-electron chi connectivity index (χ1n) is 6.53. The lowest BCUT2D eigenvalue weighted by molar-refractivity contribution is -0.119. The molecule has 0 spiro atoms. The zero-order valence-corrected chi connectivity index (χ0v) is 13.6. The van der Waals surface area contributed by atoms with Crippen LogP contribution in [0.15, 0.2) is 18.2 Å². The molecule has 118 valence electrons. The molecule has 0 unspecified atom stereocenters. The Labute approximate surface area is 141 Å². The van der Waals surface area contributed by atoms with E-state index in [4.69, 9.17) is 21.6 Å². The number of hydrogen-bond donors (Lipinski definition) is 1. The topological polar surface area (TPSA) is 105 Å². The monoisotopic (exact) mass is 350 g/mol. The summed E-state index contributed by atoms with van der Waals surface area (Å²) < 4.78 is 8.61. The fourth-order valence-electron chi connectivity index (χ4n) is 1.70. The molecule has 7 nitrogen and oxygen atoms in total. The van der Waals surface area contributed by atoms with Crippen LogP contribution < -0.4 is 5.32 Å². The van der Waals surface area contributed by atoms with E-state index in [0.29, 0.717) is 17.1 Å². The number of rotatable bonds is 5. The first kappa shape index (κ1) is 16.9. The van der Waals surface area contributed by atoms with Crippen molar-refractivity contribution in [2.45, 2.75) is 13.3 Å². The van der Waals surface area contributed by atoms with E-state index < -0.39 is 18.5 Å². The number of nitriles is 1. The van der Waals surface area contributed by atoms with Gasteiger partial charge in [-0.3, -0.25) is 4.79 Å². The number of hydrogen-bond acceptors (Lipinski definition) is 7. The third-order valence-electron chi connectivity index (χ3n) is 2.79. The molecule has 0 aliphatic carbocycles. The highest BCUT2D eigenvalue weighted by Gasteiger charge is 2.18. The molecule has 2 aromatic rings. The third-order valence-corrected chi connectivity index (χ3v) is 3.77. The van der Waals surface area contributed by atoms with E-state index in [1.807, 2.05) is 13.0 Å². The molecule has 9 heteroatoms. The van der Waals surface area contributed by atoms with Gasteiger partial charge in [0.25, 0.3) is 5.91 Å². The van der Waals surface area contributed by atoms with Gasteiger partial charge in [-0.2, -0.15) is 5.26 Å². The van der Waals surface area contributed by atoms with E-state index in [0.717, 1.165) is 11.5 Å². The van der Waals surface area contributed by atoms with Crippen LogP contribution in [-0.4, -0.2) is 28.1 Å². The van der Waals surface area contributed by atoms with E-state index in [1.165, 1.54) is 12.1 Å². The summed E-state index contributed by atoms with van der Waals surface area (Å²) in [4.78, 5) is 24.0. The molecule has 0 bridgehead atoms. The van der Waals surface area contributed by atoms with Crippen molar-refractivity contribution in [1.29, 1.82) is 5.26 Å². The van der Waals surface area contributed by atoms with Crippen LogP contribution in [0.4, 0.5) is 5.69 Å². The molecule has 2 rings (SSSR count). The van der Waals surface area contributed by atoms with E-state index in [-0.39, 0.29) is 16.1 Å². The molecule has 0 atom stereocenters. The minimum atomic E-state index is -0.654. The molecule has 1 aromatic carbocycles. The number of nitrogens with zero attached hydrogens (tertiary/aromatic N) is 3. The predicted octanol–water partition coefficient (Wildman–Crippen LogP) is 2.42. The largest absolute Gasteiger partial charge is 0.451 e. The fourth-order valence-corrected chi connectivity index (χ4v) is 2.51. The van der Waals surface area contributed by atoms with Gasteiger partial charge in [-0.25, -0.2) is 4.79 Å². The molecular weight excluding hydrogens is 340 g/mol. The number of ether oxygens (including phenoxy) is 1. The molecule has 0 saturated heterocycles. The first-order chi connectivity index (χ1) is 11.0. The molecule has 1 heterocycles. The Morgan fingerprint density at radius 2 is 2.26 bits per heavy atom. The summed E-state index contributed by atoms with van der Waals surface area (Å²) in [5.41, 5.74) is 1.05. The van der Waals surface area contributed by atoms with Gasteiger partial charge in [0, 0.05) is 5.02 Å². The van der Waals surface area contributed by atoms with Crippen molar-refractivity contribution in [3.8, 4) is 6.07 Å². The van der Waals surface area contributed by atoms with Crippen LogP contribution in [0, 0.1) is 11.3 Å². The maximum Gasteiger partial charge on any atom is 0.352 e. The zero-order chi connectivity index (χ0) is 16.8. The second kappa shape index (κ2) is 7.67. The Balaban J connectivity index is 1.97. The lowest BCUT2D eigenvalue weighted by atomic mass is 10.2. The Morgan fingerprint density at radius 3 is 2.96 bits per heavy atom. The number of carbonyl (C=O) groups is 2. The molecule has 0 fully saturated rings. The predicted molar refractivity (Wildman–Crippen MR) is 84.4 cm³/mol. The number of esters is 1. The maximum atomic E-state index is 11.9. The number of halogens is 1. The van der Waals surface area contributed by atoms with Crippen LogP contribution in [0.5, 0.6) is 0 Å². The van der Waals surface area contributed by atoms with Crippen molar-refractivity contribution in [2.24, 2.45) is 0 Å². The van der Waals surface area contributed by atoms with Crippen LogP contribution >= 0.6 is 23.1 Å². The number of aryl methyl sites for hydroxylation is 1. The van der Waals surface area contributed by atoms with E-state index in [9.17, 15) is 9.59 Å². The van der Waals surface area contributed by atoms with Gasteiger partial charge in [0.1, 0.15) is 6.07 Å². The molecule has 1 N–H and O–H groups in total. The van der Waals surface area contributed by atoms with Crippen molar-refractivity contribution >= 4 is 40.7 Å². The summed E-state index contributed by atoms with van der Waals surface area (Å²) in [6.45, 7) is 1.35. The maximum absolute atomic E-state index is 11.9. The van der Waals surface area contributed by atoms with Gasteiger partial charge in [-0.15, -0.1) is 5.10 Å². The molecule has 0 radical (unpaired) electrons. The summed E-state index contributed by atoms with van der Waals surface area (Å²) in [7, 11) is 0. The van der Waals surface area contributed by atoms with Crippen molar-refractivity contribution in [1.82, 2.24) is 9.59 Å². The van der Waals surface area contributed by atoms with Crippen LogP contribution in [-0.2, 0) is 16.0 Å². The highest BCUT2D eigenvalue weighted by Crippen LogP contribution is 2.20. The average molecular weight is 351 g/mol. The Morgan fingerprint density at radius 1 is 1.48 bits per heavy atom. The lowest BCUT2D eigenvalue weighted by Gasteiger charge is -2.08. The van der Waals surface area contributed by atoms with Crippen molar-refractivity contribution in [2.75, 3.05) is 11.9 Å². The zero-order valence-electron chi connectivity index (χ0n) is 12.0. The van der Waals surface area contributed by atoms with E-state index >= 15 is 0 Å². The number of anilines is 1. The van der Waals surface area contributed by atoms with Crippen molar-refractivity contribution < 1.29 is 14.3 Å². The molecular formula is C14H11ClN4O3S. The summed E-state index contributed by atoms with van der Waals surface area (Å²) in [6, 6.07) is 6.41. The van der Waals surface area contributed by atoms with Crippen LogP contribution in [0.1, 0.15) is 27.9 Å². The van der Waals surface area contributed by atoms with Crippen LogP contribution in [0.25, 0.3) is 0 Å². The van der Waals surface area contributed by atoms with Gasteiger partial charge in [-0.1, -0.05) is 23.0 Å². The van der Waals surface area contributed by atoms with Crippen LogP contribution in [0.3, 0.4) is 0 Å². The number of aromatic nitrogens is 2. The number of nitrogens with one attached hydrogen (secondary N) is 1. The number of amides is 1. The smallest absolute Gasteiger partial charge is 0.352 e. The highest BCUT2D eigenvalue weighted by atomic mass is 35.5. The summed E-state index contributed by atoms with van der Waals surface area (Å²) >= 11 is 6.75. The summed E-state index contributed by atoms with van der Waals surface area (Å²) in [5, 5.41) is 15.6.